The van der Waals surface area contributed by atoms with Gasteiger partial charge < -0.3 is 15.5 Å². The van der Waals surface area contributed by atoms with E-state index in [-0.39, 0.29) is 11.1 Å². The molecule has 27 heavy (non-hydrogen) atoms. The fraction of sp³-hybridized carbons (Fsp3) is 0. The second-order valence-electron chi connectivity index (χ2n) is 5.82. The van der Waals surface area contributed by atoms with Crippen molar-refractivity contribution in [1.82, 2.24) is 0 Å². The maximum atomic E-state index is 11.7. The zero-order valence-corrected chi connectivity index (χ0v) is 14.3. The Hall–Kier alpha value is -3.86. The summed E-state index contributed by atoms with van der Waals surface area (Å²) in [7, 11) is 0. The lowest BCUT2D eigenvalue weighted by atomic mass is 9.99. The van der Waals surface area contributed by atoms with Crippen molar-refractivity contribution in [3.05, 3.63) is 95.6 Å². The third-order valence-electron chi connectivity index (χ3n) is 3.98. The van der Waals surface area contributed by atoms with Gasteiger partial charge in [-0.05, 0) is 47.5 Å². The van der Waals surface area contributed by atoms with Gasteiger partial charge in [0.25, 0.3) is 0 Å². The predicted octanol–water partition coefficient (Wildman–Crippen LogP) is 4.75. The highest BCUT2D eigenvalue weighted by Gasteiger charge is 2.14. The molecule has 3 rings (SSSR count). The molecule has 0 atom stereocenters. The summed E-state index contributed by atoms with van der Waals surface area (Å²) in [6.45, 7) is 0. The van der Waals surface area contributed by atoms with Gasteiger partial charge in [0.15, 0.2) is 0 Å². The molecule has 0 unspecified atom stereocenters. The van der Waals surface area contributed by atoms with Crippen LogP contribution < -0.4 is 5.32 Å². The van der Waals surface area contributed by atoms with E-state index >= 15 is 0 Å². The number of carboxylic acids is 2. The Morgan fingerprint density at radius 2 is 1.33 bits per heavy atom. The van der Waals surface area contributed by atoms with E-state index in [2.05, 4.69) is 5.32 Å². The average molecular weight is 359 g/mol. The molecule has 3 N–H and O–H groups in total. The average Bonchev–Trinajstić information content (AvgIpc) is 2.68. The Bertz CT molecular complexity index is 992. The van der Waals surface area contributed by atoms with Crippen LogP contribution in [0.2, 0.25) is 0 Å². The van der Waals surface area contributed by atoms with Crippen molar-refractivity contribution in [2.75, 3.05) is 5.32 Å². The van der Waals surface area contributed by atoms with Gasteiger partial charge >= 0.3 is 11.9 Å². The maximum Gasteiger partial charge on any atom is 0.336 e. The third-order valence-corrected chi connectivity index (χ3v) is 3.98. The summed E-state index contributed by atoms with van der Waals surface area (Å²) in [4.78, 5) is 23.1. The highest BCUT2D eigenvalue weighted by Crippen LogP contribution is 2.24. The Morgan fingerprint density at radius 3 is 1.96 bits per heavy atom. The quantitative estimate of drug-likeness (QED) is 0.437. The van der Waals surface area contributed by atoms with Crippen LogP contribution in [0.4, 0.5) is 11.4 Å². The molecule has 0 aliphatic rings. The Morgan fingerprint density at radius 1 is 0.741 bits per heavy atom. The fourth-order valence-corrected chi connectivity index (χ4v) is 2.66. The lowest BCUT2D eigenvalue weighted by Crippen LogP contribution is -2.03. The second kappa shape index (κ2) is 8.01. The number of carboxylic acid groups (broad SMARTS) is 2. The topological polar surface area (TPSA) is 86.6 Å². The Labute approximate surface area is 156 Å². The number of benzene rings is 3. The minimum absolute atomic E-state index is 0.0231. The molecule has 0 amide bonds. The number of hydrogen-bond donors (Lipinski definition) is 3. The molecule has 0 saturated heterocycles. The summed E-state index contributed by atoms with van der Waals surface area (Å²) in [6.07, 6.45) is 1.38. The first-order valence-electron chi connectivity index (χ1n) is 8.24. The van der Waals surface area contributed by atoms with Crippen molar-refractivity contribution < 1.29 is 19.8 Å². The molecule has 0 saturated carbocycles. The predicted molar refractivity (Wildman–Crippen MR) is 105 cm³/mol. The first kappa shape index (κ1) is 17.9. The number of nitrogens with one attached hydrogen (secondary N) is 1. The fourth-order valence-electron chi connectivity index (χ4n) is 2.66. The summed E-state index contributed by atoms with van der Waals surface area (Å²) in [5.74, 6) is -2.23. The van der Waals surface area contributed by atoms with Crippen molar-refractivity contribution in [2.24, 2.45) is 0 Å². The smallest absolute Gasteiger partial charge is 0.336 e. The zero-order valence-electron chi connectivity index (χ0n) is 14.3. The van der Waals surface area contributed by atoms with Crippen LogP contribution in [0, 0.1) is 0 Å². The van der Waals surface area contributed by atoms with Crippen LogP contribution in [-0.4, -0.2) is 22.2 Å². The van der Waals surface area contributed by atoms with Crippen LogP contribution in [0.15, 0.2) is 78.9 Å². The van der Waals surface area contributed by atoms with E-state index in [0.717, 1.165) is 11.4 Å². The van der Waals surface area contributed by atoms with E-state index in [0.29, 0.717) is 11.1 Å². The van der Waals surface area contributed by atoms with Crippen molar-refractivity contribution in [3.63, 3.8) is 0 Å². The summed E-state index contributed by atoms with van der Waals surface area (Å²) in [5.41, 5.74) is 2.65. The first-order chi connectivity index (χ1) is 13.0. The van der Waals surface area contributed by atoms with Gasteiger partial charge in [-0.2, -0.15) is 0 Å². The number of para-hydroxylation sites is 1. The Kier molecular flexibility index (Phi) is 5.33. The lowest BCUT2D eigenvalue weighted by Gasteiger charge is -2.09. The van der Waals surface area contributed by atoms with Gasteiger partial charge in [-0.15, -0.1) is 0 Å². The molecular weight excluding hydrogens is 342 g/mol. The van der Waals surface area contributed by atoms with E-state index in [9.17, 15) is 19.8 Å². The van der Waals surface area contributed by atoms with Crippen LogP contribution in [0.1, 0.15) is 21.5 Å². The van der Waals surface area contributed by atoms with Crippen LogP contribution in [0.5, 0.6) is 0 Å². The third kappa shape index (κ3) is 4.41. The van der Waals surface area contributed by atoms with E-state index in [1.807, 2.05) is 30.3 Å². The minimum atomic E-state index is -1.13. The zero-order chi connectivity index (χ0) is 19.2. The molecule has 5 nitrogen and oxygen atoms in total. The SMILES string of the molecule is O=C(O)/C(=C\c1ccccc1C(=O)O)c1ccc(Nc2ccccc2)cc1. The van der Waals surface area contributed by atoms with Gasteiger partial charge in [-0.25, -0.2) is 9.59 Å². The molecule has 134 valence electrons. The summed E-state index contributed by atoms with van der Waals surface area (Å²) < 4.78 is 0. The molecule has 5 heteroatoms. The van der Waals surface area contributed by atoms with Gasteiger partial charge in [0.1, 0.15) is 0 Å². The highest BCUT2D eigenvalue weighted by molar-refractivity contribution is 6.21. The summed E-state index contributed by atoms with van der Waals surface area (Å²) >= 11 is 0. The van der Waals surface area contributed by atoms with Gasteiger partial charge in [0.05, 0.1) is 11.1 Å². The minimum Gasteiger partial charge on any atom is -0.478 e. The number of hydrogen-bond acceptors (Lipinski definition) is 3. The number of aromatic carboxylic acids is 1. The second-order valence-corrected chi connectivity index (χ2v) is 5.82. The molecule has 0 aliphatic carbocycles. The van der Waals surface area contributed by atoms with E-state index < -0.39 is 11.9 Å². The normalized spacial score (nSPS) is 11.0. The molecule has 0 radical (unpaired) electrons. The highest BCUT2D eigenvalue weighted by atomic mass is 16.4. The van der Waals surface area contributed by atoms with Gasteiger partial charge in [0.2, 0.25) is 0 Å². The van der Waals surface area contributed by atoms with Crippen LogP contribution >= 0.6 is 0 Å². The number of carbonyl (C=O) groups is 2. The van der Waals surface area contributed by atoms with Gasteiger partial charge in [-0.3, -0.25) is 0 Å². The number of anilines is 2. The lowest BCUT2D eigenvalue weighted by molar-refractivity contribution is -0.130. The monoisotopic (exact) mass is 359 g/mol. The molecule has 0 fully saturated rings. The van der Waals surface area contributed by atoms with Gasteiger partial charge in [-0.1, -0.05) is 48.5 Å². The standard InChI is InChI=1S/C22H17NO4/c24-21(25)19-9-5-4-6-16(19)14-20(22(26)27)15-10-12-18(13-11-15)23-17-7-2-1-3-8-17/h1-14,23H,(H,24,25)(H,26,27)/b20-14-. The Balaban J connectivity index is 1.92. The molecule has 3 aromatic carbocycles. The molecule has 3 aromatic rings. The van der Waals surface area contributed by atoms with Crippen molar-refractivity contribution >= 4 is 35.0 Å². The van der Waals surface area contributed by atoms with Crippen LogP contribution in [-0.2, 0) is 4.79 Å². The van der Waals surface area contributed by atoms with Crippen molar-refractivity contribution in [1.29, 1.82) is 0 Å². The van der Waals surface area contributed by atoms with E-state index in [1.165, 1.54) is 12.1 Å². The van der Waals surface area contributed by atoms with E-state index in [1.54, 1.807) is 42.5 Å². The van der Waals surface area contributed by atoms with E-state index in [4.69, 9.17) is 0 Å². The largest absolute Gasteiger partial charge is 0.478 e. The number of rotatable bonds is 6. The summed E-state index contributed by atoms with van der Waals surface area (Å²) in [5, 5.41) is 22.1. The number of aliphatic carboxylic acids is 1. The first-order valence-corrected chi connectivity index (χ1v) is 8.24. The van der Waals surface area contributed by atoms with Gasteiger partial charge in [0, 0.05) is 11.4 Å². The molecule has 0 aliphatic heterocycles. The molecule has 0 spiro atoms. The van der Waals surface area contributed by atoms with Crippen LogP contribution in [0.3, 0.4) is 0 Å². The van der Waals surface area contributed by atoms with Crippen LogP contribution in [0.25, 0.3) is 11.6 Å². The van der Waals surface area contributed by atoms with Crippen molar-refractivity contribution in [2.45, 2.75) is 0 Å². The van der Waals surface area contributed by atoms with Crippen molar-refractivity contribution in [3.8, 4) is 0 Å². The maximum absolute atomic E-state index is 11.7. The summed E-state index contributed by atoms with van der Waals surface area (Å²) in [6, 6.07) is 22.9. The molecule has 0 heterocycles. The molecular formula is C22H17NO4. The molecule has 0 aromatic heterocycles. The molecule has 0 bridgehead atoms.